The van der Waals surface area contributed by atoms with Crippen molar-refractivity contribution in [2.24, 2.45) is 0 Å². The van der Waals surface area contributed by atoms with E-state index in [2.05, 4.69) is 29.7 Å². The van der Waals surface area contributed by atoms with Crippen LogP contribution in [0, 0.1) is 6.92 Å². The Morgan fingerprint density at radius 1 is 1.50 bits per heavy atom. The molecule has 1 amide bonds. The molecule has 0 spiro atoms. The van der Waals surface area contributed by atoms with Crippen LogP contribution in [0.2, 0.25) is 0 Å². The van der Waals surface area contributed by atoms with Gasteiger partial charge in [0.05, 0.1) is 6.61 Å². The van der Waals surface area contributed by atoms with E-state index in [4.69, 9.17) is 4.74 Å². The average Bonchev–Trinajstić information content (AvgIpc) is 2.42. The maximum atomic E-state index is 12.0. The summed E-state index contributed by atoms with van der Waals surface area (Å²) in [6, 6.07) is 8.38. The third-order valence-corrected chi connectivity index (χ3v) is 3.40. The molecule has 1 heterocycles. The number of aryl methyl sites for hydroxylation is 1. The van der Waals surface area contributed by atoms with E-state index < -0.39 is 0 Å². The summed E-state index contributed by atoms with van der Waals surface area (Å²) < 4.78 is 5.44. The summed E-state index contributed by atoms with van der Waals surface area (Å²) in [6.45, 7) is 6.15. The molecule has 0 bridgehead atoms. The molecule has 112 valence electrons. The highest BCUT2D eigenvalue weighted by Crippen LogP contribution is 2.10. The lowest BCUT2D eigenvalue weighted by Gasteiger charge is -2.24. The van der Waals surface area contributed by atoms with Crippen molar-refractivity contribution >= 4 is 18.3 Å². The second-order valence-electron chi connectivity index (χ2n) is 5.10. The number of carbonyl (C=O) groups excluding carboxylic acids is 1. The average molecular weight is 299 g/mol. The lowest BCUT2D eigenvalue weighted by atomic mass is 10.0. The third-order valence-electron chi connectivity index (χ3n) is 3.40. The molecule has 1 aliphatic rings. The van der Waals surface area contributed by atoms with Crippen molar-refractivity contribution in [3.63, 3.8) is 0 Å². The minimum absolute atomic E-state index is 0. The van der Waals surface area contributed by atoms with Crippen LogP contribution >= 0.6 is 12.4 Å². The van der Waals surface area contributed by atoms with Gasteiger partial charge in [-0.25, -0.2) is 0 Å². The molecule has 0 saturated carbocycles. The number of hydrogen-bond donors (Lipinski definition) is 2. The van der Waals surface area contributed by atoms with Crippen LogP contribution in [0.1, 0.15) is 18.1 Å². The topological polar surface area (TPSA) is 50.4 Å². The molecule has 0 radical (unpaired) electrons. The Hall–Kier alpha value is -1.10. The zero-order valence-electron chi connectivity index (χ0n) is 12.0. The smallest absolute Gasteiger partial charge is 0.250 e. The van der Waals surface area contributed by atoms with Crippen molar-refractivity contribution in [3.8, 4) is 0 Å². The van der Waals surface area contributed by atoms with E-state index in [1.54, 1.807) is 0 Å². The Kier molecular flexibility index (Phi) is 6.99. The highest BCUT2D eigenvalue weighted by Gasteiger charge is 2.22. The summed E-state index contributed by atoms with van der Waals surface area (Å²) in [5.41, 5.74) is 2.54. The summed E-state index contributed by atoms with van der Waals surface area (Å²) in [4.78, 5) is 12.0. The van der Waals surface area contributed by atoms with Gasteiger partial charge < -0.3 is 15.4 Å². The predicted molar refractivity (Wildman–Crippen MR) is 82.3 cm³/mol. The molecule has 1 fully saturated rings. The van der Waals surface area contributed by atoms with Crippen LogP contribution in [0.3, 0.4) is 0 Å². The second-order valence-corrected chi connectivity index (χ2v) is 5.10. The fraction of sp³-hybridized carbons (Fsp3) is 0.533. The summed E-state index contributed by atoms with van der Waals surface area (Å²) >= 11 is 0. The van der Waals surface area contributed by atoms with Gasteiger partial charge in [0, 0.05) is 19.1 Å². The SMILES string of the molecule is Cc1ccccc1CC(C)NC(=O)C1CNCCO1.Cl. The van der Waals surface area contributed by atoms with Crippen LogP contribution in [-0.2, 0) is 16.0 Å². The van der Waals surface area contributed by atoms with Crippen LogP contribution in [0.15, 0.2) is 24.3 Å². The quantitative estimate of drug-likeness (QED) is 0.885. The number of nitrogens with one attached hydrogen (secondary N) is 2. The summed E-state index contributed by atoms with van der Waals surface area (Å²) in [7, 11) is 0. The number of rotatable bonds is 4. The maximum Gasteiger partial charge on any atom is 0.250 e. The van der Waals surface area contributed by atoms with Gasteiger partial charge in [0.15, 0.2) is 0 Å². The number of halogens is 1. The van der Waals surface area contributed by atoms with Crippen molar-refractivity contribution in [2.75, 3.05) is 19.7 Å². The van der Waals surface area contributed by atoms with E-state index in [1.807, 2.05) is 19.1 Å². The van der Waals surface area contributed by atoms with Crippen LogP contribution < -0.4 is 10.6 Å². The molecule has 1 saturated heterocycles. The van der Waals surface area contributed by atoms with Crippen LogP contribution in [0.25, 0.3) is 0 Å². The molecule has 2 atom stereocenters. The zero-order chi connectivity index (χ0) is 13.7. The lowest BCUT2D eigenvalue weighted by Crippen LogP contribution is -2.50. The molecule has 1 aliphatic heterocycles. The molecule has 4 nitrogen and oxygen atoms in total. The third kappa shape index (κ3) is 4.78. The Morgan fingerprint density at radius 3 is 2.90 bits per heavy atom. The van der Waals surface area contributed by atoms with Crippen molar-refractivity contribution < 1.29 is 9.53 Å². The molecule has 2 rings (SSSR count). The summed E-state index contributed by atoms with van der Waals surface area (Å²) in [5, 5.41) is 6.18. The van der Waals surface area contributed by atoms with E-state index in [0.29, 0.717) is 13.2 Å². The first kappa shape index (κ1) is 17.0. The lowest BCUT2D eigenvalue weighted by molar-refractivity contribution is -0.134. The minimum atomic E-state index is -0.354. The summed E-state index contributed by atoms with van der Waals surface area (Å²) in [5.74, 6) is -0.0201. The molecule has 2 N–H and O–H groups in total. The first-order chi connectivity index (χ1) is 9.16. The molecular formula is C15H23ClN2O2. The van der Waals surface area contributed by atoms with Gasteiger partial charge in [-0.1, -0.05) is 24.3 Å². The second kappa shape index (κ2) is 8.25. The Bertz CT molecular complexity index is 434. The van der Waals surface area contributed by atoms with Gasteiger partial charge in [-0.2, -0.15) is 0 Å². The fourth-order valence-electron chi connectivity index (χ4n) is 2.29. The Labute approximate surface area is 126 Å². The predicted octanol–water partition coefficient (Wildman–Crippen LogP) is 1.45. The van der Waals surface area contributed by atoms with Gasteiger partial charge in [0.1, 0.15) is 6.10 Å². The number of morpholine rings is 1. The number of hydrogen-bond acceptors (Lipinski definition) is 3. The molecule has 1 aromatic carbocycles. The molecule has 0 aromatic heterocycles. The first-order valence-electron chi connectivity index (χ1n) is 6.84. The normalized spacial score (nSPS) is 19.8. The monoisotopic (exact) mass is 298 g/mol. The standard InChI is InChI=1S/C15H22N2O2.ClH/c1-11-5-3-4-6-13(11)9-12(2)17-15(18)14-10-16-7-8-19-14;/h3-6,12,14,16H,7-10H2,1-2H3,(H,17,18);1H. The molecule has 0 aliphatic carbocycles. The van der Waals surface area contributed by atoms with Crippen LogP contribution in [0.4, 0.5) is 0 Å². The van der Waals surface area contributed by atoms with Crippen LogP contribution in [0.5, 0.6) is 0 Å². The van der Waals surface area contributed by atoms with Crippen LogP contribution in [-0.4, -0.2) is 37.7 Å². The van der Waals surface area contributed by atoms with E-state index >= 15 is 0 Å². The number of amides is 1. The van der Waals surface area contributed by atoms with E-state index in [0.717, 1.165) is 13.0 Å². The number of carbonyl (C=O) groups is 1. The highest BCUT2D eigenvalue weighted by atomic mass is 35.5. The zero-order valence-corrected chi connectivity index (χ0v) is 12.8. The van der Waals surface area contributed by atoms with Gasteiger partial charge >= 0.3 is 0 Å². The molecule has 1 aromatic rings. The minimum Gasteiger partial charge on any atom is -0.366 e. The van der Waals surface area contributed by atoms with E-state index in [9.17, 15) is 4.79 Å². The van der Waals surface area contributed by atoms with Gasteiger partial charge in [0.25, 0.3) is 5.91 Å². The van der Waals surface area contributed by atoms with Gasteiger partial charge in [-0.05, 0) is 31.4 Å². The molecule has 5 heteroatoms. The van der Waals surface area contributed by atoms with E-state index in [-0.39, 0.29) is 30.5 Å². The fourth-order valence-corrected chi connectivity index (χ4v) is 2.29. The summed E-state index contributed by atoms with van der Waals surface area (Å²) in [6.07, 6.45) is 0.492. The maximum absolute atomic E-state index is 12.0. The molecule has 20 heavy (non-hydrogen) atoms. The molecule has 2 unspecified atom stereocenters. The largest absolute Gasteiger partial charge is 0.366 e. The van der Waals surface area contributed by atoms with Crippen molar-refractivity contribution in [3.05, 3.63) is 35.4 Å². The molecular weight excluding hydrogens is 276 g/mol. The van der Waals surface area contributed by atoms with Crippen molar-refractivity contribution in [2.45, 2.75) is 32.4 Å². The van der Waals surface area contributed by atoms with Crippen molar-refractivity contribution in [1.29, 1.82) is 0 Å². The Morgan fingerprint density at radius 2 is 2.25 bits per heavy atom. The Balaban J connectivity index is 0.00000200. The number of benzene rings is 1. The van der Waals surface area contributed by atoms with Gasteiger partial charge in [0.2, 0.25) is 0 Å². The first-order valence-corrected chi connectivity index (χ1v) is 6.84. The van der Waals surface area contributed by atoms with Crippen molar-refractivity contribution in [1.82, 2.24) is 10.6 Å². The number of ether oxygens (including phenoxy) is 1. The highest BCUT2D eigenvalue weighted by molar-refractivity contribution is 5.85. The van der Waals surface area contributed by atoms with Gasteiger partial charge in [-0.15, -0.1) is 12.4 Å². The van der Waals surface area contributed by atoms with E-state index in [1.165, 1.54) is 11.1 Å². The van der Waals surface area contributed by atoms with Gasteiger partial charge in [-0.3, -0.25) is 4.79 Å².